The van der Waals surface area contributed by atoms with Gasteiger partial charge in [-0.25, -0.2) is 0 Å². The van der Waals surface area contributed by atoms with Crippen molar-refractivity contribution in [2.24, 2.45) is 5.41 Å². The molecule has 0 saturated carbocycles. The van der Waals surface area contributed by atoms with Crippen LogP contribution in [0.15, 0.2) is 17.1 Å². The molecule has 26 heavy (non-hydrogen) atoms. The van der Waals surface area contributed by atoms with Gasteiger partial charge in [0.05, 0.1) is 12.2 Å². The summed E-state index contributed by atoms with van der Waals surface area (Å²) in [6, 6.07) is 1.42. The Morgan fingerprint density at radius 1 is 1.35 bits per heavy atom. The van der Waals surface area contributed by atoms with Crippen LogP contribution in [0.2, 0.25) is 5.02 Å². The fourth-order valence-electron chi connectivity index (χ4n) is 3.98. The van der Waals surface area contributed by atoms with Crippen molar-refractivity contribution in [2.45, 2.75) is 25.7 Å². The standard InChI is InChI=1S/C18H24ClN3O4/c1-26-8-7-21-11-18(5-3-15(21)23)4-2-6-22(12-18)17(25)13-9-14(19)16(24)20-10-13/h9-10H,2-8,11-12H2,1H3,(H,20,24)/t18-/m1/s1. The summed E-state index contributed by atoms with van der Waals surface area (Å²) in [6.45, 7) is 3.04. The number of nitrogens with zero attached hydrogens (tertiary/aromatic N) is 2. The molecule has 1 spiro atoms. The van der Waals surface area contributed by atoms with E-state index in [-0.39, 0.29) is 22.3 Å². The first-order valence-electron chi connectivity index (χ1n) is 8.88. The van der Waals surface area contributed by atoms with Crippen molar-refractivity contribution in [3.63, 3.8) is 0 Å². The van der Waals surface area contributed by atoms with Crippen molar-refractivity contribution >= 4 is 23.4 Å². The molecule has 2 fully saturated rings. The van der Waals surface area contributed by atoms with Gasteiger partial charge in [0.15, 0.2) is 0 Å². The smallest absolute Gasteiger partial charge is 0.266 e. The molecule has 8 heteroatoms. The van der Waals surface area contributed by atoms with Crippen molar-refractivity contribution < 1.29 is 14.3 Å². The normalized spacial score (nSPS) is 23.5. The lowest BCUT2D eigenvalue weighted by Gasteiger charge is -2.48. The number of hydrogen-bond donors (Lipinski definition) is 1. The molecule has 0 aromatic carbocycles. The zero-order valence-electron chi connectivity index (χ0n) is 14.9. The minimum atomic E-state index is -0.405. The number of H-pyrrole nitrogens is 1. The molecule has 2 aliphatic heterocycles. The molecule has 0 aliphatic carbocycles. The molecule has 2 saturated heterocycles. The number of amides is 2. The minimum absolute atomic E-state index is 0.0107. The number of aromatic amines is 1. The monoisotopic (exact) mass is 381 g/mol. The average Bonchev–Trinajstić information content (AvgIpc) is 2.64. The summed E-state index contributed by atoms with van der Waals surface area (Å²) in [5, 5.41) is 0.0107. The Kier molecular flexibility index (Phi) is 5.67. The van der Waals surface area contributed by atoms with Crippen molar-refractivity contribution in [3.05, 3.63) is 33.2 Å². The number of carbonyl (C=O) groups excluding carboxylic acids is 2. The topological polar surface area (TPSA) is 82.7 Å². The fourth-order valence-corrected chi connectivity index (χ4v) is 4.16. The van der Waals surface area contributed by atoms with Crippen LogP contribution in [0.25, 0.3) is 0 Å². The number of halogens is 1. The summed E-state index contributed by atoms with van der Waals surface area (Å²) < 4.78 is 5.11. The number of pyridine rings is 1. The number of carbonyl (C=O) groups is 2. The molecule has 1 N–H and O–H groups in total. The molecule has 3 heterocycles. The van der Waals surface area contributed by atoms with E-state index in [1.54, 1.807) is 7.11 Å². The predicted octanol–water partition coefficient (Wildman–Crippen LogP) is 1.52. The fraction of sp³-hybridized carbons (Fsp3) is 0.611. The molecule has 1 aromatic heterocycles. The average molecular weight is 382 g/mol. The molecular formula is C18H24ClN3O4. The Morgan fingerprint density at radius 2 is 2.15 bits per heavy atom. The van der Waals surface area contributed by atoms with Crippen LogP contribution < -0.4 is 5.56 Å². The summed E-state index contributed by atoms with van der Waals surface area (Å²) in [4.78, 5) is 42.6. The highest BCUT2D eigenvalue weighted by Crippen LogP contribution is 2.39. The minimum Gasteiger partial charge on any atom is -0.383 e. The predicted molar refractivity (Wildman–Crippen MR) is 97.3 cm³/mol. The summed E-state index contributed by atoms with van der Waals surface area (Å²) in [5.41, 5.74) is -0.0886. The Labute approximate surface area is 157 Å². The van der Waals surface area contributed by atoms with E-state index in [9.17, 15) is 14.4 Å². The van der Waals surface area contributed by atoms with Gasteiger partial charge in [0.1, 0.15) is 5.02 Å². The first kappa shape index (κ1) is 18.9. The lowest BCUT2D eigenvalue weighted by molar-refractivity contribution is -0.139. The second-order valence-electron chi connectivity index (χ2n) is 7.20. The maximum Gasteiger partial charge on any atom is 0.266 e. The van der Waals surface area contributed by atoms with E-state index < -0.39 is 5.56 Å². The van der Waals surface area contributed by atoms with Gasteiger partial charge >= 0.3 is 0 Å². The van der Waals surface area contributed by atoms with E-state index in [0.717, 1.165) is 19.3 Å². The van der Waals surface area contributed by atoms with E-state index in [1.165, 1.54) is 12.3 Å². The molecule has 1 aromatic rings. The van der Waals surface area contributed by atoms with Gasteiger partial charge in [-0.15, -0.1) is 0 Å². The molecule has 0 unspecified atom stereocenters. The SMILES string of the molecule is COCCN1C[C@@]2(CCCN(C(=O)c3c[nH]c(=O)c(Cl)c3)C2)CCC1=O. The number of ether oxygens (including phenoxy) is 1. The zero-order chi connectivity index (χ0) is 18.7. The Bertz CT molecular complexity index is 750. The van der Waals surface area contributed by atoms with E-state index in [4.69, 9.17) is 16.3 Å². The van der Waals surface area contributed by atoms with Crippen molar-refractivity contribution in [1.82, 2.24) is 14.8 Å². The highest BCUT2D eigenvalue weighted by molar-refractivity contribution is 6.30. The molecule has 2 amide bonds. The summed E-state index contributed by atoms with van der Waals surface area (Å²) in [6.07, 6.45) is 4.61. The summed E-state index contributed by atoms with van der Waals surface area (Å²) in [5.74, 6) is 0.0195. The third kappa shape index (κ3) is 3.94. The van der Waals surface area contributed by atoms with Gasteiger partial charge in [-0.05, 0) is 25.3 Å². The third-order valence-corrected chi connectivity index (χ3v) is 5.65. The summed E-state index contributed by atoms with van der Waals surface area (Å²) >= 11 is 5.85. The zero-order valence-corrected chi connectivity index (χ0v) is 15.7. The number of likely N-dealkylation sites (tertiary alicyclic amines) is 2. The van der Waals surface area contributed by atoms with Gasteiger partial charge in [0.25, 0.3) is 11.5 Å². The van der Waals surface area contributed by atoms with Crippen LogP contribution in [0.5, 0.6) is 0 Å². The second kappa shape index (κ2) is 7.80. The highest BCUT2D eigenvalue weighted by atomic mass is 35.5. The molecule has 0 bridgehead atoms. The van der Waals surface area contributed by atoms with Crippen LogP contribution >= 0.6 is 11.6 Å². The Morgan fingerprint density at radius 3 is 2.88 bits per heavy atom. The van der Waals surface area contributed by atoms with Gasteiger partial charge in [-0.2, -0.15) is 0 Å². The largest absolute Gasteiger partial charge is 0.383 e. The second-order valence-corrected chi connectivity index (χ2v) is 7.61. The lowest BCUT2D eigenvalue weighted by atomic mass is 9.73. The van der Waals surface area contributed by atoms with Gasteiger partial charge in [-0.3, -0.25) is 14.4 Å². The molecular weight excluding hydrogens is 358 g/mol. The number of hydrogen-bond acceptors (Lipinski definition) is 4. The van der Waals surface area contributed by atoms with Crippen LogP contribution in [0, 0.1) is 5.41 Å². The molecule has 0 radical (unpaired) electrons. The van der Waals surface area contributed by atoms with E-state index in [2.05, 4.69) is 4.98 Å². The molecule has 2 aliphatic rings. The number of nitrogens with one attached hydrogen (secondary N) is 1. The van der Waals surface area contributed by atoms with Crippen LogP contribution in [0.1, 0.15) is 36.0 Å². The number of piperidine rings is 2. The number of methoxy groups -OCH3 is 1. The maximum atomic E-state index is 12.9. The van der Waals surface area contributed by atoms with Crippen LogP contribution in [0.4, 0.5) is 0 Å². The van der Waals surface area contributed by atoms with Gasteiger partial charge in [-0.1, -0.05) is 11.6 Å². The van der Waals surface area contributed by atoms with Crippen LogP contribution in [-0.4, -0.2) is 66.5 Å². The molecule has 7 nitrogen and oxygen atoms in total. The van der Waals surface area contributed by atoms with Crippen LogP contribution in [-0.2, 0) is 9.53 Å². The maximum absolute atomic E-state index is 12.9. The van der Waals surface area contributed by atoms with Crippen molar-refractivity contribution in [3.8, 4) is 0 Å². The number of aromatic nitrogens is 1. The van der Waals surface area contributed by atoms with Crippen LogP contribution in [0.3, 0.4) is 0 Å². The highest BCUT2D eigenvalue weighted by Gasteiger charge is 2.42. The molecule has 3 rings (SSSR count). The van der Waals surface area contributed by atoms with Gasteiger partial charge in [0, 0.05) is 51.3 Å². The molecule has 142 valence electrons. The van der Waals surface area contributed by atoms with E-state index >= 15 is 0 Å². The third-order valence-electron chi connectivity index (χ3n) is 5.37. The van der Waals surface area contributed by atoms with Gasteiger partial charge < -0.3 is 19.5 Å². The summed E-state index contributed by atoms with van der Waals surface area (Å²) in [7, 11) is 1.63. The quantitative estimate of drug-likeness (QED) is 0.857. The first-order valence-corrected chi connectivity index (χ1v) is 9.26. The van der Waals surface area contributed by atoms with Gasteiger partial charge in [0.2, 0.25) is 5.91 Å². The number of rotatable bonds is 4. The lowest BCUT2D eigenvalue weighted by Crippen LogP contribution is -2.55. The van der Waals surface area contributed by atoms with Crippen molar-refractivity contribution in [2.75, 3.05) is 39.9 Å². The molecule has 1 atom stereocenters. The van der Waals surface area contributed by atoms with E-state index in [1.807, 2.05) is 9.80 Å². The Balaban J connectivity index is 1.73. The van der Waals surface area contributed by atoms with Crippen molar-refractivity contribution in [1.29, 1.82) is 0 Å². The first-order chi connectivity index (χ1) is 12.4. The Hall–Kier alpha value is -1.86. The van der Waals surface area contributed by atoms with E-state index in [0.29, 0.717) is 44.8 Å².